The third kappa shape index (κ3) is 2.71. The first-order chi connectivity index (χ1) is 10.6. The van der Waals surface area contributed by atoms with Gasteiger partial charge < -0.3 is 5.32 Å². The van der Waals surface area contributed by atoms with Crippen LogP contribution in [0.15, 0.2) is 29.8 Å². The number of nitrogens with one attached hydrogen (secondary N) is 1. The predicted molar refractivity (Wildman–Crippen MR) is 84.9 cm³/mol. The highest BCUT2D eigenvalue weighted by Crippen LogP contribution is 2.25. The van der Waals surface area contributed by atoms with Crippen molar-refractivity contribution in [3.05, 3.63) is 46.2 Å². The van der Waals surface area contributed by atoms with E-state index in [9.17, 15) is 4.79 Å². The van der Waals surface area contributed by atoms with E-state index in [1.807, 2.05) is 30.5 Å². The normalized spacial score (nSPS) is 12.7. The molecular formula is C15H17N5OS. The monoisotopic (exact) mass is 315 g/mol. The molecule has 0 spiro atoms. The minimum absolute atomic E-state index is 0.0480. The predicted octanol–water partition coefficient (Wildman–Crippen LogP) is 2.62. The molecule has 3 aromatic heterocycles. The second-order valence-electron chi connectivity index (χ2n) is 5.44. The van der Waals surface area contributed by atoms with Gasteiger partial charge in [-0.05, 0) is 30.4 Å². The zero-order valence-corrected chi connectivity index (χ0v) is 13.5. The van der Waals surface area contributed by atoms with E-state index in [0.717, 1.165) is 10.6 Å². The van der Waals surface area contributed by atoms with Crippen LogP contribution >= 0.6 is 11.3 Å². The summed E-state index contributed by atoms with van der Waals surface area (Å²) in [6, 6.07) is 5.79. The maximum atomic E-state index is 12.5. The fraction of sp³-hybridized carbons (Fsp3) is 0.333. The number of aryl methyl sites for hydroxylation is 1. The van der Waals surface area contributed by atoms with E-state index in [-0.39, 0.29) is 23.7 Å². The van der Waals surface area contributed by atoms with Gasteiger partial charge in [0.05, 0.1) is 6.04 Å². The molecule has 114 valence electrons. The smallest absolute Gasteiger partial charge is 0.291 e. The molecule has 1 amide bonds. The zero-order valence-electron chi connectivity index (χ0n) is 12.6. The van der Waals surface area contributed by atoms with Crippen LogP contribution in [-0.4, -0.2) is 25.5 Å². The van der Waals surface area contributed by atoms with E-state index in [4.69, 9.17) is 0 Å². The number of amides is 1. The lowest BCUT2D eigenvalue weighted by molar-refractivity contribution is 0.0916. The van der Waals surface area contributed by atoms with E-state index < -0.39 is 0 Å². The van der Waals surface area contributed by atoms with Gasteiger partial charge in [-0.15, -0.1) is 16.4 Å². The van der Waals surface area contributed by atoms with Crippen LogP contribution in [0.25, 0.3) is 5.78 Å². The largest absolute Gasteiger partial charge is 0.341 e. The van der Waals surface area contributed by atoms with Gasteiger partial charge in [0.25, 0.3) is 11.7 Å². The summed E-state index contributed by atoms with van der Waals surface area (Å²) in [7, 11) is 0. The molecule has 0 radical (unpaired) electrons. The second-order valence-corrected chi connectivity index (χ2v) is 6.42. The van der Waals surface area contributed by atoms with E-state index in [2.05, 4.69) is 34.2 Å². The number of carbonyl (C=O) groups excluding carboxylic acids is 1. The molecule has 1 atom stereocenters. The van der Waals surface area contributed by atoms with Crippen molar-refractivity contribution in [2.75, 3.05) is 0 Å². The Labute approximate surface area is 132 Å². The van der Waals surface area contributed by atoms with Crippen molar-refractivity contribution in [1.82, 2.24) is 24.9 Å². The molecule has 3 rings (SSSR count). The summed E-state index contributed by atoms with van der Waals surface area (Å²) < 4.78 is 1.57. The van der Waals surface area contributed by atoms with Crippen molar-refractivity contribution in [2.45, 2.75) is 26.8 Å². The molecule has 0 saturated heterocycles. The first-order valence-electron chi connectivity index (χ1n) is 7.09. The molecule has 0 bridgehead atoms. The van der Waals surface area contributed by atoms with Gasteiger partial charge in [0, 0.05) is 16.8 Å². The third-order valence-corrected chi connectivity index (χ3v) is 4.39. The van der Waals surface area contributed by atoms with E-state index in [1.54, 1.807) is 22.0 Å². The van der Waals surface area contributed by atoms with Crippen molar-refractivity contribution < 1.29 is 4.79 Å². The fourth-order valence-corrected chi connectivity index (χ4v) is 3.19. The van der Waals surface area contributed by atoms with Crippen LogP contribution in [0.3, 0.4) is 0 Å². The van der Waals surface area contributed by atoms with Crippen molar-refractivity contribution >= 4 is 23.0 Å². The van der Waals surface area contributed by atoms with Gasteiger partial charge in [0.2, 0.25) is 5.82 Å². The summed E-state index contributed by atoms with van der Waals surface area (Å²) in [5.74, 6) is 0.572. The molecule has 3 heterocycles. The van der Waals surface area contributed by atoms with Crippen LogP contribution in [0.2, 0.25) is 0 Å². The molecule has 0 aliphatic carbocycles. The number of hydrogen-bond donors (Lipinski definition) is 1. The number of thiophene rings is 1. The Hall–Kier alpha value is -2.28. The van der Waals surface area contributed by atoms with Gasteiger partial charge in [-0.25, -0.2) is 9.50 Å². The van der Waals surface area contributed by atoms with Crippen molar-refractivity contribution in [2.24, 2.45) is 5.92 Å². The minimum Gasteiger partial charge on any atom is -0.341 e. The number of carbonyl (C=O) groups is 1. The first kappa shape index (κ1) is 14.6. The first-order valence-corrected chi connectivity index (χ1v) is 7.97. The molecule has 0 saturated carbocycles. The lowest BCUT2D eigenvalue weighted by Gasteiger charge is -2.20. The number of rotatable bonds is 4. The Morgan fingerprint density at radius 2 is 2.18 bits per heavy atom. The lowest BCUT2D eigenvalue weighted by Crippen LogP contribution is -2.32. The summed E-state index contributed by atoms with van der Waals surface area (Å²) in [6.07, 6.45) is 1.66. The number of fused-ring (bicyclic) bond motifs is 1. The van der Waals surface area contributed by atoms with E-state index in [0.29, 0.717) is 5.78 Å². The Kier molecular flexibility index (Phi) is 3.89. The highest BCUT2D eigenvalue weighted by atomic mass is 32.1. The molecular weight excluding hydrogens is 298 g/mol. The van der Waals surface area contributed by atoms with Crippen LogP contribution in [0.5, 0.6) is 0 Å². The van der Waals surface area contributed by atoms with Crippen LogP contribution in [0, 0.1) is 12.8 Å². The summed E-state index contributed by atoms with van der Waals surface area (Å²) in [5.41, 5.74) is 0.884. The van der Waals surface area contributed by atoms with Crippen LogP contribution < -0.4 is 5.32 Å². The zero-order chi connectivity index (χ0) is 15.7. The van der Waals surface area contributed by atoms with Crippen LogP contribution in [0.1, 0.15) is 41.1 Å². The molecule has 3 aromatic rings. The molecule has 0 aliphatic heterocycles. The molecule has 1 unspecified atom stereocenters. The molecule has 22 heavy (non-hydrogen) atoms. The Morgan fingerprint density at radius 1 is 1.36 bits per heavy atom. The number of nitrogens with zero attached hydrogens (tertiary/aromatic N) is 4. The minimum atomic E-state index is -0.281. The highest BCUT2D eigenvalue weighted by molar-refractivity contribution is 7.10. The molecule has 0 fully saturated rings. The standard InChI is InChI=1S/C15H17N5OS/c1-9(2)12(11-5-4-8-22-11)17-14(21)13-18-15-16-7-6-10(3)20(15)19-13/h4-9,12H,1-3H3,(H,17,21). The van der Waals surface area contributed by atoms with Gasteiger partial charge in [-0.3, -0.25) is 4.79 Å². The molecule has 1 N–H and O–H groups in total. The number of aromatic nitrogens is 4. The lowest BCUT2D eigenvalue weighted by atomic mass is 10.0. The maximum Gasteiger partial charge on any atom is 0.291 e. The third-order valence-electron chi connectivity index (χ3n) is 3.44. The van der Waals surface area contributed by atoms with Crippen molar-refractivity contribution in [3.8, 4) is 0 Å². The average molecular weight is 315 g/mol. The highest BCUT2D eigenvalue weighted by Gasteiger charge is 2.22. The van der Waals surface area contributed by atoms with Gasteiger partial charge in [0.15, 0.2) is 0 Å². The summed E-state index contributed by atoms with van der Waals surface area (Å²) in [5, 5.41) is 9.27. The van der Waals surface area contributed by atoms with Gasteiger partial charge in [-0.1, -0.05) is 19.9 Å². The van der Waals surface area contributed by atoms with E-state index in [1.165, 1.54) is 0 Å². The van der Waals surface area contributed by atoms with Gasteiger partial charge >= 0.3 is 0 Å². The van der Waals surface area contributed by atoms with Gasteiger partial charge in [0.1, 0.15) is 0 Å². The summed E-state index contributed by atoms with van der Waals surface area (Å²) in [6.45, 7) is 6.05. The topological polar surface area (TPSA) is 72.2 Å². The number of hydrogen-bond acceptors (Lipinski definition) is 5. The van der Waals surface area contributed by atoms with Gasteiger partial charge in [-0.2, -0.15) is 4.98 Å². The molecule has 6 nitrogen and oxygen atoms in total. The summed E-state index contributed by atoms with van der Waals surface area (Å²) in [4.78, 5) is 21.9. The molecule has 0 aromatic carbocycles. The summed E-state index contributed by atoms with van der Waals surface area (Å²) >= 11 is 1.63. The van der Waals surface area contributed by atoms with Crippen molar-refractivity contribution in [1.29, 1.82) is 0 Å². The average Bonchev–Trinajstić information content (AvgIpc) is 3.13. The quantitative estimate of drug-likeness (QED) is 0.803. The van der Waals surface area contributed by atoms with Crippen molar-refractivity contribution in [3.63, 3.8) is 0 Å². The Balaban J connectivity index is 1.87. The van der Waals surface area contributed by atoms with Crippen LogP contribution in [-0.2, 0) is 0 Å². The van der Waals surface area contributed by atoms with Crippen LogP contribution in [0.4, 0.5) is 0 Å². The van der Waals surface area contributed by atoms with E-state index >= 15 is 0 Å². The molecule has 0 aliphatic rings. The fourth-order valence-electron chi connectivity index (χ4n) is 2.24. The second kappa shape index (κ2) is 5.84. The molecule has 7 heteroatoms. The Bertz CT molecular complexity index is 793. The Morgan fingerprint density at radius 3 is 2.82 bits per heavy atom. The SMILES string of the molecule is Cc1ccnc2nc(C(=O)NC(c3cccs3)C(C)C)nn12. The maximum absolute atomic E-state index is 12.5.